The van der Waals surface area contributed by atoms with Crippen LogP contribution < -0.4 is 9.47 Å². The van der Waals surface area contributed by atoms with E-state index in [0.29, 0.717) is 5.75 Å². The number of nitrogens with one attached hydrogen (secondary N) is 1. The van der Waals surface area contributed by atoms with Crippen LogP contribution in [0, 0.1) is 6.92 Å². The molecule has 0 radical (unpaired) electrons. The van der Waals surface area contributed by atoms with Crippen LogP contribution in [0.2, 0.25) is 0 Å². The first-order chi connectivity index (χ1) is 15.1. The second-order valence-electron chi connectivity index (χ2n) is 7.57. The Bertz CT molecular complexity index is 1160. The molecular weight excluding hydrogens is 388 g/mol. The first kappa shape index (κ1) is 20.5. The summed E-state index contributed by atoms with van der Waals surface area (Å²) in [5.74, 6) is 1.35. The normalized spacial score (nSPS) is 11.8. The first-order valence-electron chi connectivity index (χ1n) is 10.2. The van der Waals surface area contributed by atoms with E-state index in [1.807, 2.05) is 86.9 Å². The lowest BCUT2D eigenvalue weighted by Crippen LogP contribution is -2.35. The van der Waals surface area contributed by atoms with Crippen LogP contribution in [-0.4, -0.2) is 36.6 Å². The quantitative estimate of drug-likeness (QED) is 0.457. The number of rotatable bonds is 7. The number of likely N-dealkylation sites (N-methyl/N-ethyl adjacent to an activating group) is 1. The van der Waals surface area contributed by atoms with Gasteiger partial charge in [-0.3, -0.25) is 4.79 Å². The minimum absolute atomic E-state index is 0.0332. The standard InChI is InChI=1S/C26H26N2O3/c1-18-8-12-21(13-9-18)31-17-25(29)28(2)26(19-10-14-20(30-3)15-11-19)23-16-27-24-7-5-4-6-22(23)24/h4-16,26-27H,17H2,1-3H3/t26-/m1/s1. The number of ether oxygens (including phenoxy) is 2. The minimum Gasteiger partial charge on any atom is -0.497 e. The molecule has 1 aromatic heterocycles. The lowest BCUT2D eigenvalue weighted by molar-refractivity contribution is -0.133. The van der Waals surface area contributed by atoms with Crippen LogP contribution in [-0.2, 0) is 4.79 Å². The molecular formula is C26H26N2O3. The molecule has 0 aliphatic carbocycles. The van der Waals surface area contributed by atoms with Crippen LogP contribution in [0.5, 0.6) is 11.5 Å². The predicted octanol–water partition coefficient (Wildman–Crippen LogP) is 5.11. The van der Waals surface area contributed by atoms with Crippen molar-refractivity contribution in [2.75, 3.05) is 20.8 Å². The molecule has 1 amide bonds. The monoisotopic (exact) mass is 414 g/mol. The molecule has 0 saturated heterocycles. The molecule has 4 rings (SSSR count). The molecule has 1 heterocycles. The van der Waals surface area contributed by atoms with E-state index in [-0.39, 0.29) is 18.6 Å². The van der Waals surface area contributed by atoms with Crippen molar-refractivity contribution in [3.8, 4) is 11.5 Å². The second-order valence-corrected chi connectivity index (χ2v) is 7.57. The van der Waals surface area contributed by atoms with Crippen molar-refractivity contribution in [1.82, 2.24) is 9.88 Å². The molecule has 0 fully saturated rings. The third kappa shape index (κ3) is 4.40. The summed E-state index contributed by atoms with van der Waals surface area (Å²) in [6, 6.07) is 23.4. The summed E-state index contributed by atoms with van der Waals surface area (Å²) in [7, 11) is 3.46. The van der Waals surface area contributed by atoms with Gasteiger partial charge in [-0.25, -0.2) is 0 Å². The Balaban J connectivity index is 1.64. The highest BCUT2D eigenvalue weighted by molar-refractivity contribution is 5.85. The van der Waals surface area contributed by atoms with E-state index in [9.17, 15) is 4.79 Å². The van der Waals surface area contributed by atoms with Gasteiger partial charge in [0.2, 0.25) is 0 Å². The number of carbonyl (C=O) groups excluding carboxylic acids is 1. The number of aromatic nitrogens is 1. The van der Waals surface area contributed by atoms with E-state index in [4.69, 9.17) is 9.47 Å². The number of H-pyrrole nitrogens is 1. The SMILES string of the molecule is COc1ccc([C@H](c2c[nH]c3ccccc23)N(C)C(=O)COc2ccc(C)cc2)cc1. The van der Waals surface area contributed by atoms with Crippen LogP contribution in [0.25, 0.3) is 10.9 Å². The zero-order chi connectivity index (χ0) is 21.8. The maximum Gasteiger partial charge on any atom is 0.261 e. The van der Waals surface area contributed by atoms with E-state index >= 15 is 0 Å². The molecule has 1 N–H and O–H groups in total. The van der Waals surface area contributed by atoms with Crippen LogP contribution >= 0.6 is 0 Å². The Kier molecular flexibility index (Phi) is 5.94. The Morgan fingerprint density at radius 3 is 2.35 bits per heavy atom. The van der Waals surface area contributed by atoms with Crippen LogP contribution in [0.1, 0.15) is 22.7 Å². The van der Waals surface area contributed by atoms with Gasteiger partial charge in [-0.15, -0.1) is 0 Å². The number of methoxy groups -OCH3 is 1. The number of aryl methyl sites for hydroxylation is 1. The fraction of sp³-hybridized carbons (Fsp3) is 0.192. The summed E-state index contributed by atoms with van der Waals surface area (Å²) in [5.41, 5.74) is 4.21. The van der Waals surface area contributed by atoms with Crippen LogP contribution in [0.3, 0.4) is 0 Å². The summed E-state index contributed by atoms with van der Waals surface area (Å²) in [5, 5.41) is 1.09. The largest absolute Gasteiger partial charge is 0.497 e. The summed E-state index contributed by atoms with van der Waals surface area (Å²) in [6.45, 7) is 1.98. The molecule has 0 bridgehead atoms. The number of aromatic amines is 1. The maximum absolute atomic E-state index is 13.1. The zero-order valence-corrected chi connectivity index (χ0v) is 18.0. The maximum atomic E-state index is 13.1. The van der Waals surface area contributed by atoms with E-state index < -0.39 is 0 Å². The molecule has 3 aromatic carbocycles. The molecule has 0 saturated carbocycles. The number of nitrogens with zero attached hydrogens (tertiary/aromatic N) is 1. The fourth-order valence-corrected chi connectivity index (χ4v) is 3.74. The van der Waals surface area contributed by atoms with Crippen molar-refractivity contribution in [3.05, 3.63) is 95.7 Å². The smallest absolute Gasteiger partial charge is 0.261 e. The number of carbonyl (C=O) groups is 1. The molecule has 0 spiro atoms. The topological polar surface area (TPSA) is 54.6 Å². The number of hydrogen-bond donors (Lipinski definition) is 1. The fourth-order valence-electron chi connectivity index (χ4n) is 3.74. The first-order valence-corrected chi connectivity index (χ1v) is 10.2. The van der Waals surface area contributed by atoms with Gasteiger partial charge in [0.05, 0.1) is 13.2 Å². The molecule has 0 aliphatic rings. The summed E-state index contributed by atoms with van der Waals surface area (Å²) in [6.07, 6.45) is 1.98. The lowest BCUT2D eigenvalue weighted by Gasteiger charge is -2.29. The highest BCUT2D eigenvalue weighted by Crippen LogP contribution is 2.34. The molecule has 31 heavy (non-hydrogen) atoms. The van der Waals surface area contributed by atoms with Gasteiger partial charge < -0.3 is 19.4 Å². The van der Waals surface area contributed by atoms with Crippen molar-refractivity contribution in [3.63, 3.8) is 0 Å². The van der Waals surface area contributed by atoms with Gasteiger partial charge in [0.25, 0.3) is 5.91 Å². The second kappa shape index (κ2) is 8.96. The summed E-state index contributed by atoms with van der Waals surface area (Å²) in [4.78, 5) is 18.2. The molecule has 1 atom stereocenters. The molecule has 5 heteroatoms. The lowest BCUT2D eigenvalue weighted by atomic mass is 9.96. The van der Waals surface area contributed by atoms with E-state index in [1.165, 1.54) is 0 Å². The van der Waals surface area contributed by atoms with Crippen LogP contribution in [0.15, 0.2) is 79.0 Å². The Labute approximate surface area is 182 Å². The molecule has 5 nitrogen and oxygen atoms in total. The van der Waals surface area contributed by atoms with Gasteiger partial charge in [0.1, 0.15) is 11.5 Å². The molecule has 0 aliphatic heterocycles. The van der Waals surface area contributed by atoms with Gasteiger partial charge in [0.15, 0.2) is 6.61 Å². The van der Waals surface area contributed by atoms with Gasteiger partial charge >= 0.3 is 0 Å². The average Bonchev–Trinajstić information content (AvgIpc) is 3.23. The van der Waals surface area contributed by atoms with Crippen LogP contribution in [0.4, 0.5) is 0 Å². The Hall–Kier alpha value is -3.73. The summed E-state index contributed by atoms with van der Waals surface area (Å²) < 4.78 is 11.1. The number of benzene rings is 3. The number of amides is 1. The van der Waals surface area contributed by atoms with Gasteiger partial charge in [0, 0.05) is 29.7 Å². The van der Waals surface area contributed by atoms with Gasteiger partial charge in [-0.2, -0.15) is 0 Å². The van der Waals surface area contributed by atoms with Crippen molar-refractivity contribution in [1.29, 1.82) is 0 Å². The summed E-state index contributed by atoms with van der Waals surface area (Å²) >= 11 is 0. The van der Waals surface area contributed by atoms with E-state index in [0.717, 1.165) is 33.3 Å². The van der Waals surface area contributed by atoms with Gasteiger partial charge in [-0.05, 0) is 42.8 Å². The molecule has 0 unspecified atom stereocenters. The third-order valence-corrected chi connectivity index (χ3v) is 5.51. The highest BCUT2D eigenvalue weighted by Gasteiger charge is 2.26. The van der Waals surface area contributed by atoms with Crippen molar-refractivity contribution < 1.29 is 14.3 Å². The van der Waals surface area contributed by atoms with Gasteiger partial charge in [-0.1, -0.05) is 48.0 Å². The van der Waals surface area contributed by atoms with Crippen molar-refractivity contribution in [2.24, 2.45) is 0 Å². The van der Waals surface area contributed by atoms with E-state index in [2.05, 4.69) is 11.1 Å². The van der Waals surface area contributed by atoms with Crippen molar-refractivity contribution >= 4 is 16.8 Å². The third-order valence-electron chi connectivity index (χ3n) is 5.51. The average molecular weight is 415 g/mol. The number of para-hydroxylation sites is 1. The predicted molar refractivity (Wildman–Crippen MR) is 123 cm³/mol. The zero-order valence-electron chi connectivity index (χ0n) is 18.0. The van der Waals surface area contributed by atoms with Crippen molar-refractivity contribution in [2.45, 2.75) is 13.0 Å². The highest BCUT2D eigenvalue weighted by atomic mass is 16.5. The minimum atomic E-state index is -0.267. The molecule has 4 aromatic rings. The Morgan fingerprint density at radius 2 is 1.65 bits per heavy atom. The molecule has 158 valence electrons. The van der Waals surface area contributed by atoms with E-state index in [1.54, 1.807) is 12.0 Å². The number of hydrogen-bond acceptors (Lipinski definition) is 3. The number of fused-ring (bicyclic) bond motifs is 1. The Morgan fingerprint density at radius 1 is 0.968 bits per heavy atom.